The minimum atomic E-state index is 0. The van der Waals surface area contributed by atoms with Gasteiger partial charge in [-0.3, -0.25) is 4.99 Å². The number of nitrogens with zero attached hydrogens (tertiary/aromatic N) is 1. The Morgan fingerprint density at radius 3 is 2.75 bits per heavy atom. The molecule has 0 bridgehead atoms. The molecular formula is C17H28IN3O3. The van der Waals surface area contributed by atoms with Crippen molar-refractivity contribution in [1.82, 2.24) is 5.32 Å². The number of halogens is 1. The van der Waals surface area contributed by atoms with Crippen molar-refractivity contribution in [3.05, 3.63) is 18.2 Å². The fourth-order valence-electron chi connectivity index (χ4n) is 2.19. The van der Waals surface area contributed by atoms with Gasteiger partial charge in [0.25, 0.3) is 0 Å². The fraction of sp³-hybridized carbons (Fsp3) is 0.588. The third kappa shape index (κ3) is 7.12. The van der Waals surface area contributed by atoms with Gasteiger partial charge in [-0.05, 0) is 32.4 Å². The number of aliphatic imine (C=N–C) groups is 1. The first-order chi connectivity index (χ1) is 11.3. The van der Waals surface area contributed by atoms with Crippen LogP contribution >= 0.6 is 24.0 Å². The molecule has 2 N–H and O–H groups in total. The number of nitrogens with one attached hydrogen (secondary N) is 2. The molecule has 0 aromatic heterocycles. The molecule has 1 aliphatic heterocycles. The van der Waals surface area contributed by atoms with Crippen molar-refractivity contribution in [2.45, 2.75) is 26.7 Å². The second-order valence-electron chi connectivity index (χ2n) is 5.15. The Morgan fingerprint density at radius 2 is 2.00 bits per heavy atom. The van der Waals surface area contributed by atoms with E-state index in [-0.39, 0.29) is 24.0 Å². The van der Waals surface area contributed by atoms with E-state index in [2.05, 4.69) is 15.6 Å². The molecule has 1 heterocycles. The zero-order chi connectivity index (χ0) is 16.3. The maximum absolute atomic E-state index is 5.71. The number of hydrogen-bond acceptors (Lipinski definition) is 4. The highest BCUT2D eigenvalue weighted by molar-refractivity contribution is 14.0. The van der Waals surface area contributed by atoms with Gasteiger partial charge in [0.1, 0.15) is 0 Å². The molecule has 1 aliphatic rings. The second kappa shape index (κ2) is 12.2. The lowest BCUT2D eigenvalue weighted by atomic mass is 10.3. The van der Waals surface area contributed by atoms with Crippen LogP contribution in [0, 0.1) is 0 Å². The molecular weight excluding hydrogens is 421 g/mol. The molecule has 24 heavy (non-hydrogen) atoms. The molecule has 0 radical (unpaired) electrons. The topological polar surface area (TPSA) is 64.1 Å². The van der Waals surface area contributed by atoms with Gasteiger partial charge >= 0.3 is 0 Å². The van der Waals surface area contributed by atoms with Crippen LogP contribution in [0.2, 0.25) is 0 Å². The fourth-order valence-corrected chi connectivity index (χ4v) is 2.19. The summed E-state index contributed by atoms with van der Waals surface area (Å²) >= 11 is 0. The van der Waals surface area contributed by atoms with Gasteiger partial charge in [0, 0.05) is 44.5 Å². The first-order valence-electron chi connectivity index (χ1n) is 8.36. The summed E-state index contributed by atoms with van der Waals surface area (Å²) in [5.41, 5.74) is 0.929. The summed E-state index contributed by atoms with van der Waals surface area (Å²) in [6.07, 6.45) is 1.81. The second-order valence-corrected chi connectivity index (χ2v) is 5.15. The van der Waals surface area contributed by atoms with Gasteiger partial charge in [0.05, 0.1) is 13.2 Å². The molecule has 0 fully saturated rings. The lowest BCUT2D eigenvalue weighted by Gasteiger charge is -2.13. The normalized spacial score (nSPS) is 13.7. The molecule has 0 aliphatic carbocycles. The number of anilines is 1. The summed E-state index contributed by atoms with van der Waals surface area (Å²) in [6.45, 7) is 8.44. The molecule has 0 atom stereocenters. The van der Waals surface area contributed by atoms with Crippen LogP contribution in [0.1, 0.15) is 26.7 Å². The van der Waals surface area contributed by atoms with Gasteiger partial charge in [-0.1, -0.05) is 0 Å². The van der Waals surface area contributed by atoms with E-state index in [1.54, 1.807) is 0 Å². The van der Waals surface area contributed by atoms with Crippen molar-refractivity contribution >= 4 is 35.6 Å². The number of benzene rings is 1. The Labute approximate surface area is 161 Å². The maximum atomic E-state index is 5.71. The quantitative estimate of drug-likeness (QED) is 0.290. The van der Waals surface area contributed by atoms with Crippen LogP contribution < -0.4 is 20.1 Å². The van der Waals surface area contributed by atoms with Crippen LogP contribution in [0.4, 0.5) is 5.69 Å². The molecule has 1 aromatic carbocycles. The summed E-state index contributed by atoms with van der Waals surface area (Å²) in [5.74, 6) is 2.34. The Balaban J connectivity index is 0.00000288. The third-order valence-electron chi connectivity index (χ3n) is 3.28. The lowest BCUT2D eigenvalue weighted by molar-refractivity contribution is 0.146. The minimum absolute atomic E-state index is 0. The standard InChI is InChI=1S/C17H27N3O3.HI/c1-3-18-17(19-9-5-10-21-4-2)20-14-7-8-15-16(13-14)23-12-6-11-22-15;/h7-8,13H,3-6,9-12H2,1-2H3,(H2,18,19,20);1H. The Hall–Kier alpha value is -1.22. The molecule has 2 rings (SSSR count). The average molecular weight is 449 g/mol. The zero-order valence-corrected chi connectivity index (χ0v) is 16.8. The Morgan fingerprint density at radius 1 is 1.21 bits per heavy atom. The van der Waals surface area contributed by atoms with Crippen molar-refractivity contribution in [2.24, 2.45) is 4.99 Å². The van der Waals surface area contributed by atoms with E-state index in [4.69, 9.17) is 14.2 Å². The number of ether oxygens (including phenoxy) is 3. The van der Waals surface area contributed by atoms with E-state index in [9.17, 15) is 0 Å². The highest BCUT2D eigenvalue weighted by Gasteiger charge is 2.11. The minimum Gasteiger partial charge on any atom is -0.490 e. The Kier molecular flexibility index (Phi) is 10.6. The van der Waals surface area contributed by atoms with Crippen LogP contribution in [-0.4, -0.2) is 45.5 Å². The maximum Gasteiger partial charge on any atom is 0.195 e. The lowest BCUT2D eigenvalue weighted by Crippen LogP contribution is -2.30. The molecule has 6 nitrogen and oxygen atoms in total. The van der Waals surface area contributed by atoms with Crippen molar-refractivity contribution in [1.29, 1.82) is 0 Å². The molecule has 136 valence electrons. The third-order valence-corrected chi connectivity index (χ3v) is 3.28. The predicted octanol–water partition coefficient (Wildman–Crippen LogP) is 3.27. The summed E-state index contributed by atoms with van der Waals surface area (Å²) in [6, 6.07) is 5.86. The van der Waals surface area contributed by atoms with E-state index >= 15 is 0 Å². The van der Waals surface area contributed by atoms with Crippen molar-refractivity contribution in [3.63, 3.8) is 0 Å². The first kappa shape index (κ1) is 20.8. The largest absolute Gasteiger partial charge is 0.490 e. The van der Waals surface area contributed by atoms with Gasteiger partial charge in [0.2, 0.25) is 0 Å². The van der Waals surface area contributed by atoms with Gasteiger partial charge in [-0.15, -0.1) is 24.0 Å². The van der Waals surface area contributed by atoms with E-state index in [0.717, 1.165) is 62.3 Å². The van der Waals surface area contributed by atoms with E-state index in [1.165, 1.54) is 0 Å². The van der Waals surface area contributed by atoms with Crippen molar-refractivity contribution in [3.8, 4) is 11.5 Å². The van der Waals surface area contributed by atoms with E-state index in [0.29, 0.717) is 13.2 Å². The van der Waals surface area contributed by atoms with Crippen LogP contribution in [-0.2, 0) is 4.74 Å². The highest BCUT2D eigenvalue weighted by atomic mass is 127. The Bertz CT molecular complexity index is 512. The van der Waals surface area contributed by atoms with Gasteiger partial charge in [-0.25, -0.2) is 0 Å². The number of rotatable bonds is 7. The van der Waals surface area contributed by atoms with Gasteiger partial charge < -0.3 is 24.8 Å². The molecule has 0 spiro atoms. The smallest absolute Gasteiger partial charge is 0.195 e. The first-order valence-corrected chi connectivity index (χ1v) is 8.36. The summed E-state index contributed by atoms with van der Waals surface area (Å²) in [7, 11) is 0. The average Bonchev–Trinajstić information content (AvgIpc) is 2.79. The highest BCUT2D eigenvalue weighted by Crippen LogP contribution is 2.32. The number of hydrogen-bond donors (Lipinski definition) is 2. The number of fused-ring (bicyclic) bond motifs is 1. The molecule has 1 aromatic rings. The predicted molar refractivity (Wildman–Crippen MR) is 108 cm³/mol. The SMILES string of the molecule is CCNC(=NCCCOCC)Nc1ccc2c(c1)OCCCO2.I. The molecule has 0 amide bonds. The van der Waals surface area contributed by atoms with Crippen molar-refractivity contribution in [2.75, 3.05) is 44.8 Å². The molecule has 7 heteroatoms. The van der Waals surface area contributed by atoms with Crippen LogP contribution in [0.5, 0.6) is 11.5 Å². The van der Waals surface area contributed by atoms with E-state index in [1.807, 2.05) is 32.0 Å². The van der Waals surface area contributed by atoms with E-state index < -0.39 is 0 Å². The number of guanidine groups is 1. The van der Waals surface area contributed by atoms with Crippen LogP contribution in [0.3, 0.4) is 0 Å². The summed E-state index contributed by atoms with van der Waals surface area (Å²) < 4.78 is 16.7. The van der Waals surface area contributed by atoms with Crippen LogP contribution in [0.25, 0.3) is 0 Å². The monoisotopic (exact) mass is 449 g/mol. The molecule has 0 unspecified atom stereocenters. The molecule has 0 saturated carbocycles. The van der Waals surface area contributed by atoms with Gasteiger partial charge in [-0.2, -0.15) is 0 Å². The van der Waals surface area contributed by atoms with Gasteiger partial charge in [0.15, 0.2) is 17.5 Å². The summed E-state index contributed by atoms with van der Waals surface area (Å²) in [4.78, 5) is 4.55. The molecule has 0 saturated heterocycles. The summed E-state index contributed by atoms with van der Waals surface area (Å²) in [5, 5.41) is 6.54. The van der Waals surface area contributed by atoms with Crippen molar-refractivity contribution < 1.29 is 14.2 Å². The zero-order valence-electron chi connectivity index (χ0n) is 14.5. The van der Waals surface area contributed by atoms with Crippen LogP contribution in [0.15, 0.2) is 23.2 Å².